The lowest BCUT2D eigenvalue weighted by Crippen LogP contribution is -2.31. The molecule has 2 aromatic rings. The van der Waals surface area contributed by atoms with Crippen LogP contribution in [0.5, 0.6) is 0 Å². The van der Waals surface area contributed by atoms with E-state index in [1.807, 2.05) is 18.2 Å². The van der Waals surface area contributed by atoms with Crippen LogP contribution in [0.3, 0.4) is 0 Å². The minimum atomic E-state index is -0.283. The van der Waals surface area contributed by atoms with Crippen molar-refractivity contribution in [1.82, 2.24) is 10.6 Å². The summed E-state index contributed by atoms with van der Waals surface area (Å²) in [5.41, 5.74) is 0.684. The van der Waals surface area contributed by atoms with Crippen LogP contribution in [0.15, 0.2) is 34.7 Å². The Balaban J connectivity index is 2.01. The predicted molar refractivity (Wildman–Crippen MR) is 62.6 cm³/mol. The van der Waals surface area contributed by atoms with E-state index in [-0.39, 0.29) is 11.7 Å². The average Bonchev–Trinajstić information content (AvgIpc) is 2.78. The van der Waals surface area contributed by atoms with Gasteiger partial charge >= 0.3 is 0 Å². The van der Waals surface area contributed by atoms with Gasteiger partial charge in [0.25, 0.3) is 5.91 Å². The lowest BCUT2D eigenvalue weighted by Gasteiger charge is -2.01. The summed E-state index contributed by atoms with van der Waals surface area (Å²) in [5.74, 6) is -0.00815. The molecule has 0 aliphatic rings. The fourth-order valence-electron chi connectivity index (χ4n) is 1.49. The van der Waals surface area contributed by atoms with Crippen molar-refractivity contribution in [2.75, 3.05) is 13.1 Å². The van der Waals surface area contributed by atoms with Crippen LogP contribution in [0.2, 0.25) is 0 Å². The lowest BCUT2D eigenvalue weighted by molar-refractivity contribution is -0.109. The van der Waals surface area contributed by atoms with Crippen LogP contribution >= 0.6 is 0 Å². The first kappa shape index (κ1) is 11.2. The number of benzene rings is 1. The van der Waals surface area contributed by atoms with Crippen molar-refractivity contribution >= 4 is 23.3 Å². The molecule has 1 heterocycles. The van der Waals surface area contributed by atoms with Gasteiger partial charge in [0.05, 0.1) is 0 Å². The van der Waals surface area contributed by atoms with Gasteiger partial charge in [0.2, 0.25) is 6.41 Å². The summed E-state index contributed by atoms with van der Waals surface area (Å²) in [7, 11) is 0. The molecule has 0 spiro atoms. The van der Waals surface area contributed by atoms with E-state index in [9.17, 15) is 9.59 Å². The zero-order valence-electron chi connectivity index (χ0n) is 9.10. The van der Waals surface area contributed by atoms with Crippen LogP contribution in [0.4, 0.5) is 0 Å². The van der Waals surface area contributed by atoms with E-state index >= 15 is 0 Å². The van der Waals surface area contributed by atoms with E-state index in [2.05, 4.69) is 10.6 Å². The molecule has 0 fully saturated rings. The second kappa shape index (κ2) is 5.16. The molecule has 0 radical (unpaired) electrons. The molecule has 5 nitrogen and oxygen atoms in total. The Labute approximate surface area is 97.8 Å². The van der Waals surface area contributed by atoms with Gasteiger partial charge in [-0.3, -0.25) is 9.59 Å². The number of amides is 2. The Morgan fingerprint density at radius 3 is 2.88 bits per heavy atom. The van der Waals surface area contributed by atoms with E-state index in [0.29, 0.717) is 25.1 Å². The average molecular weight is 232 g/mol. The van der Waals surface area contributed by atoms with Crippen molar-refractivity contribution in [2.24, 2.45) is 0 Å². The number of hydrogen-bond donors (Lipinski definition) is 2. The molecule has 0 saturated carbocycles. The minimum absolute atomic E-state index is 0.275. The summed E-state index contributed by atoms with van der Waals surface area (Å²) in [6.45, 7) is 0.768. The molecule has 17 heavy (non-hydrogen) atoms. The number of carbonyl (C=O) groups excluding carboxylic acids is 2. The highest BCUT2D eigenvalue weighted by Crippen LogP contribution is 2.18. The maximum absolute atomic E-state index is 11.7. The molecular weight excluding hydrogens is 220 g/mol. The first-order valence-electron chi connectivity index (χ1n) is 5.25. The Hall–Kier alpha value is -2.30. The highest BCUT2D eigenvalue weighted by Gasteiger charge is 2.10. The van der Waals surface area contributed by atoms with Gasteiger partial charge < -0.3 is 15.1 Å². The smallest absolute Gasteiger partial charge is 0.287 e. The molecule has 1 aromatic carbocycles. The third kappa shape index (κ3) is 2.63. The molecule has 0 aliphatic heterocycles. The van der Waals surface area contributed by atoms with Gasteiger partial charge in [0, 0.05) is 18.5 Å². The maximum atomic E-state index is 11.7. The normalized spacial score (nSPS) is 10.1. The predicted octanol–water partition coefficient (Wildman–Crippen LogP) is 0.909. The van der Waals surface area contributed by atoms with Crippen molar-refractivity contribution in [3.05, 3.63) is 36.1 Å². The fraction of sp³-hybridized carbons (Fsp3) is 0.167. The van der Waals surface area contributed by atoms with Gasteiger partial charge in [0.15, 0.2) is 5.76 Å². The molecule has 2 amide bonds. The van der Waals surface area contributed by atoms with E-state index in [0.717, 1.165) is 5.39 Å². The van der Waals surface area contributed by atoms with Gasteiger partial charge in [0.1, 0.15) is 5.58 Å². The number of furan rings is 1. The summed E-state index contributed by atoms with van der Waals surface area (Å²) in [6, 6.07) is 9.11. The molecule has 5 heteroatoms. The number of carbonyl (C=O) groups is 2. The summed E-state index contributed by atoms with van der Waals surface area (Å²) in [6.07, 6.45) is 0.591. The van der Waals surface area contributed by atoms with Crippen molar-refractivity contribution in [3.63, 3.8) is 0 Å². The Morgan fingerprint density at radius 1 is 1.29 bits per heavy atom. The molecule has 2 N–H and O–H groups in total. The molecule has 88 valence electrons. The van der Waals surface area contributed by atoms with Crippen molar-refractivity contribution in [3.8, 4) is 0 Å². The number of rotatable bonds is 5. The molecule has 0 aliphatic carbocycles. The highest BCUT2D eigenvalue weighted by atomic mass is 16.3. The fourth-order valence-corrected chi connectivity index (χ4v) is 1.49. The molecule has 1 aromatic heterocycles. The summed E-state index contributed by atoms with van der Waals surface area (Å²) < 4.78 is 5.38. The van der Waals surface area contributed by atoms with Crippen molar-refractivity contribution in [2.45, 2.75) is 0 Å². The molecule has 0 unspecified atom stereocenters. The number of para-hydroxylation sites is 1. The van der Waals surface area contributed by atoms with Crippen LogP contribution in [-0.4, -0.2) is 25.4 Å². The van der Waals surface area contributed by atoms with Gasteiger partial charge in [-0.25, -0.2) is 0 Å². The zero-order valence-corrected chi connectivity index (χ0v) is 9.10. The van der Waals surface area contributed by atoms with E-state index in [1.165, 1.54) is 0 Å². The second-order valence-electron chi connectivity index (χ2n) is 3.48. The van der Waals surface area contributed by atoms with Crippen molar-refractivity contribution < 1.29 is 14.0 Å². The first-order valence-corrected chi connectivity index (χ1v) is 5.25. The zero-order chi connectivity index (χ0) is 12.1. The second-order valence-corrected chi connectivity index (χ2v) is 3.48. The number of fused-ring (bicyclic) bond motifs is 1. The van der Waals surface area contributed by atoms with Gasteiger partial charge in [-0.05, 0) is 12.1 Å². The summed E-state index contributed by atoms with van der Waals surface area (Å²) >= 11 is 0. The van der Waals surface area contributed by atoms with E-state index in [1.54, 1.807) is 12.1 Å². The molecule has 0 saturated heterocycles. The Morgan fingerprint density at radius 2 is 2.12 bits per heavy atom. The quantitative estimate of drug-likeness (QED) is 0.594. The third-order valence-corrected chi connectivity index (χ3v) is 2.29. The lowest BCUT2D eigenvalue weighted by atomic mass is 10.2. The molecule has 0 bridgehead atoms. The largest absolute Gasteiger partial charge is 0.451 e. The molecule has 2 rings (SSSR count). The summed E-state index contributed by atoms with van der Waals surface area (Å²) in [5, 5.41) is 5.99. The van der Waals surface area contributed by atoms with E-state index in [4.69, 9.17) is 4.42 Å². The topological polar surface area (TPSA) is 71.3 Å². The molecular formula is C12H12N2O3. The SMILES string of the molecule is O=CNCCNC(=O)c1cc2ccccc2o1. The van der Waals surface area contributed by atoms with Crippen LogP contribution in [0.1, 0.15) is 10.6 Å². The van der Waals surface area contributed by atoms with Crippen LogP contribution in [-0.2, 0) is 4.79 Å². The monoisotopic (exact) mass is 232 g/mol. The van der Waals surface area contributed by atoms with Gasteiger partial charge in [-0.1, -0.05) is 18.2 Å². The number of hydrogen-bond acceptors (Lipinski definition) is 3. The van der Waals surface area contributed by atoms with Crippen LogP contribution in [0, 0.1) is 0 Å². The standard InChI is InChI=1S/C12H12N2O3/c15-8-13-5-6-14-12(16)11-7-9-3-1-2-4-10(9)17-11/h1-4,7-8H,5-6H2,(H,13,15)(H,14,16). The van der Waals surface area contributed by atoms with Gasteiger partial charge in [-0.15, -0.1) is 0 Å². The Bertz CT molecular complexity index is 500. The van der Waals surface area contributed by atoms with Gasteiger partial charge in [-0.2, -0.15) is 0 Å². The van der Waals surface area contributed by atoms with Crippen molar-refractivity contribution in [1.29, 1.82) is 0 Å². The highest BCUT2D eigenvalue weighted by molar-refractivity contribution is 5.96. The van der Waals surface area contributed by atoms with Crippen LogP contribution < -0.4 is 10.6 Å². The maximum Gasteiger partial charge on any atom is 0.287 e. The third-order valence-electron chi connectivity index (χ3n) is 2.29. The number of nitrogens with one attached hydrogen (secondary N) is 2. The Kier molecular flexibility index (Phi) is 3.40. The van der Waals surface area contributed by atoms with E-state index < -0.39 is 0 Å². The summed E-state index contributed by atoms with van der Waals surface area (Å²) in [4.78, 5) is 21.7. The minimum Gasteiger partial charge on any atom is -0.451 e. The molecule has 0 atom stereocenters. The first-order chi connectivity index (χ1) is 8.31. The van der Waals surface area contributed by atoms with Crippen LogP contribution in [0.25, 0.3) is 11.0 Å².